The van der Waals surface area contributed by atoms with Gasteiger partial charge in [0.2, 0.25) is 0 Å². The van der Waals surface area contributed by atoms with Crippen LogP contribution in [-0.4, -0.2) is 23.9 Å². The van der Waals surface area contributed by atoms with Gasteiger partial charge in [-0.2, -0.15) is 5.10 Å². The molecule has 0 aliphatic carbocycles. The topological polar surface area (TPSA) is 63.9 Å². The summed E-state index contributed by atoms with van der Waals surface area (Å²) in [6, 6.07) is 2.12. The van der Waals surface area contributed by atoms with E-state index >= 15 is 0 Å². The van der Waals surface area contributed by atoms with E-state index in [9.17, 15) is 0 Å². The molecule has 0 fully saturated rings. The van der Waals surface area contributed by atoms with Crippen LogP contribution in [0.15, 0.2) is 10.5 Å². The Kier molecular flexibility index (Phi) is 4.50. The molecule has 20 heavy (non-hydrogen) atoms. The Labute approximate surface area is 127 Å². The number of nitrogens with two attached hydrogens (primary N) is 1. The number of nitrogens with one attached hydrogen (secondary N) is 1. The Morgan fingerprint density at radius 2 is 2.00 bits per heavy atom. The number of hydrogen-bond donors (Lipinski definition) is 2. The fourth-order valence-corrected chi connectivity index (χ4v) is 3.06. The molecule has 0 amide bonds. The van der Waals surface area contributed by atoms with Gasteiger partial charge in [0.15, 0.2) is 0 Å². The van der Waals surface area contributed by atoms with Gasteiger partial charge in [-0.3, -0.25) is 5.10 Å². The molecule has 0 spiro atoms. The second kappa shape index (κ2) is 5.97. The number of aromatic nitrogens is 2. The van der Waals surface area contributed by atoms with Gasteiger partial charge in [-0.25, -0.2) is 0 Å². The summed E-state index contributed by atoms with van der Waals surface area (Å²) >= 11 is 3.63. The standard InChI is InChI=1S/C15H20BrN3O/c1-8-7-11(9(2)10(3)15(8)20-4)14-13(16)12(5-6-17)18-19-14/h7H,5-6,17H2,1-4H3,(H,18,19). The van der Waals surface area contributed by atoms with Crippen molar-refractivity contribution in [2.45, 2.75) is 27.2 Å². The maximum atomic E-state index is 5.61. The Morgan fingerprint density at radius 1 is 1.30 bits per heavy atom. The first-order valence-electron chi connectivity index (χ1n) is 6.59. The minimum absolute atomic E-state index is 0.597. The second-order valence-corrected chi connectivity index (χ2v) is 5.72. The first-order valence-corrected chi connectivity index (χ1v) is 7.38. The summed E-state index contributed by atoms with van der Waals surface area (Å²) in [5.41, 5.74) is 12.1. The van der Waals surface area contributed by atoms with Gasteiger partial charge in [0.25, 0.3) is 0 Å². The van der Waals surface area contributed by atoms with Crippen LogP contribution >= 0.6 is 15.9 Å². The maximum absolute atomic E-state index is 5.61. The number of hydrogen-bond acceptors (Lipinski definition) is 3. The largest absolute Gasteiger partial charge is 0.496 e. The van der Waals surface area contributed by atoms with Gasteiger partial charge < -0.3 is 10.5 Å². The zero-order valence-corrected chi connectivity index (χ0v) is 13.9. The summed E-state index contributed by atoms with van der Waals surface area (Å²) in [5, 5.41) is 7.49. The van der Waals surface area contributed by atoms with Crippen molar-refractivity contribution < 1.29 is 4.74 Å². The van der Waals surface area contributed by atoms with E-state index in [4.69, 9.17) is 10.5 Å². The monoisotopic (exact) mass is 337 g/mol. The van der Waals surface area contributed by atoms with E-state index in [2.05, 4.69) is 53.0 Å². The van der Waals surface area contributed by atoms with Crippen molar-refractivity contribution in [1.29, 1.82) is 0 Å². The lowest BCUT2D eigenvalue weighted by Gasteiger charge is -2.14. The molecule has 0 radical (unpaired) electrons. The van der Waals surface area contributed by atoms with Crippen molar-refractivity contribution in [3.05, 3.63) is 32.9 Å². The second-order valence-electron chi connectivity index (χ2n) is 4.93. The SMILES string of the molecule is COc1c(C)cc(-c2n[nH]c(CCN)c2Br)c(C)c1C. The van der Waals surface area contributed by atoms with Crippen LogP contribution < -0.4 is 10.5 Å². The number of benzene rings is 1. The minimum Gasteiger partial charge on any atom is -0.496 e. The molecule has 0 bridgehead atoms. The van der Waals surface area contributed by atoms with Gasteiger partial charge in [0, 0.05) is 12.0 Å². The zero-order valence-electron chi connectivity index (χ0n) is 12.3. The van der Waals surface area contributed by atoms with Gasteiger partial charge in [0.1, 0.15) is 11.4 Å². The number of methoxy groups -OCH3 is 1. The van der Waals surface area contributed by atoms with E-state index in [0.29, 0.717) is 6.54 Å². The number of rotatable bonds is 4. The predicted molar refractivity (Wildman–Crippen MR) is 85.2 cm³/mol. The fourth-order valence-electron chi connectivity index (χ4n) is 2.47. The van der Waals surface area contributed by atoms with Gasteiger partial charge in [-0.1, -0.05) is 0 Å². The number of aromatic amines is 1. The van der Waals surface area contributed by atoms with Crippen LogP contribution in [0.4, 0.5) is 0 Å². The maximum Gasteiger partial charge on any atom is 0.124 e. The molecule has 1 heterocycles. The molecular weight excluding hydrogens is 318 g/mol. The lowest BCUT2D eigenvalue weighted by atomic mass is 9.96. The van der Waals surface area contributed by atoms with Crippen molar-refractivity contribution in [2.75, 3.05) is 13.7 Å². The summed E-state index contributed by atoms with van der Waals surface area (Å²) in [7, 11) is 1.71. The average molecular weight is 338 g/mol. The van der Waals surface area contributed by atoms with Crippen LogP contribution in [0.2, 0.25) is 0 Å². The first-order chi connectivity index (χ1) is 9.51. The zero-order chi connectivity index (χ0) is 14.9. The van der Waals surface area contributed by atoms with Gasteiger partial charge in [0.05, 0.1) is 17.3 Å². The third-order valence-corrected chi connectivity index (χ3v) is 4.51. The number of aryl methyl sites for hydroxylation is 1. The van der Waals surface area contributed by atoms with Gasteiger partial charge in [-0.15, -0.1) is 0 Å². The molecule has 108 valence electrons. The molecular formula is C15H20BrN3O. The van der Waals surface area contributed by atoms with E-state index in [1.165, 1.54) is 5.56 Å². The summed E-state index contributed by atoms with van der Waals surface area (Å²) in [4.78, 5) is 0. The fraction of sp³-hybridized carbons (Fsp3) is 0.400. The molecule has 0 saturated carbocycles. The normalized spacial score (nSPS) is 10.9. The molecule has 5 heteroatoms. The van der Waals surface area contributed by atoms with E-state index in [1.807, 2.05) is 0 Å². The Morgan fingerprint density at radius 3 is 2.60 bits per heavy atom. The molecule has 0 aliphatic rings. The summed E-state index contributed by atoms with van der Waals surface area (Å²) < 4.78 is 6.46. The van der Waals surface area contributed by atoms with E-state index < -0.39 is 0 Å². The lowest BCUT2D eigenvalue weighted by molar-refractivity contribution is 0.408. The third-order valence-electron chi connectivity index (χ3n) is 3.66. The van der Waals surface area contributed by atoms with Crippen LogP contribution in [0.5, 0.6) is 5.75 Å². The van der Waals surface area contributed by atoms with Crippen molar-refractivity contribution in [3.8, 4) is 17.0 Å². The first kappa shape index (κ1) is 15.1. The quantitative estimate of drug-likeness (QED) is 0.899. The smallest absolute Gasteiger partial charge is 0.124 e. The molecule has 0 saturated heterocycles. The number of nitrogens with zero attached hydrogens (tertiary/aromatic N) is 1. The molecule has 0 aliphatic heterocycles. The Hall–Kier alpha value is -1.33. The highest BCUT2D eigenvalue weighted by Gasteiger charge is 2.17. The van der Waals surface area contributed by atoms with Crippen LogP contribution in [0.1, 0.15) is 22.4 Å². The van der Waals surface area contributed by atoms with Crippen LogP contribution in [0, 0.1) is 20.8 Å². The lowest BCUT2D eigenvalue weighted by Crippen LogP contribution is -2.03. The Bertz CT molecular complexity index is 635. The van der Waals surface area contributed by atoms with Crippen molar-refractivity contribution in [2.24, 2.45) is 5.73 Å². The minimum atomic E-state index is 0.597. The van der Waals surface area contributed by atoms with Crippen LogP contribution in [0.25, 0.3) is 11.3 Å². The summed E-state index contributed by atoms with van der Waals surface area (Å²) in [6.07, 6.45) is 0.779. The predicted octanol–water partition coefficient (Wildman–Crippen LogP) is 3.27. The highest BCUT2D eigenvalue weighted by molar-refractivity contribution is 9.10. The van der Waals surface area contributed by atoms with Crippen molar-refractivity contribution >= 4 is 15.9 Å². The highest BCUT2D eigenvalue weighted by Crippen LogP contribution is 2.37. The molecule has 3 N–H and O–H groups in total. The number of halogens is 1. The van der Waals surface area contributed by atoms with Crippen LogP contribution in [0.3, 0.4) is 0 Å². The van der Waals surface area contributed by atoms with Crippen molar-refractivity contribution in [1.82, 2.24) is 10.2 Å². The van der Waals surface area contributed by atoms with E-state index in [-0.39, 0.29) is 0 Å². The summed E-state index contributed by atoms with van der Waals surface area (Å²) in [6.45, 7) is 6.82. The highest BCUT2D eigenvalue weighted by atomic mass is 79.9. The molecule has 1 aromatic carbocycles. The summed E-state index contributed by atoms with van der Waals surface area (Å²) in [5.74, 6) is 0.945. The molecule has 4 nitrogen and oxygen atoms in total. The van der Waals surface area contributed by atoms with Crippen LogP contribution in [-0.2, 0) is 6.42 Å². The molecule has 0 atom stereocenters. The van der Waals surface area contributed by atoms with E-state index in [0.717, 1.165) is 44.7 Å². The molecule has 1 aromatic heterocycles. The number of ether oxygens (including phenoxy) is 1. The van der Waals surface area contributed by atoms with Crippen molar-refractivity contribution in [3.63, 3.8) is 0 Å². The molecule has 2 aromatic rings. The average Bonchev–Trinajstić information content (AvgIpc) is 2.77. The van der Waals surface area contributed by atoms with Gasteiger partial charge in [-0.05, 0) is 66.0 Å². The molecule has 2 rings (SSSR count). The third kappa shape index (κ3) is 2.47. The Balaban J connectivity index is 2.59. The molecule has 0 unspecified atom stereocenters. The van der Waals surface area contributed by atoms with Gasteiger partial charge >= 0.3 is 0 Å². The number of H-pyrrole nitrogens is 1. The van der Waals surface area contributed by atoms with E-state index in [1.54, 1.807) is 7.11 Å².